The van der Waals surface area contributed by atoms with Gasteiger partial charge in [-0.25, -0.2) is 0 Å². The molecule has 0 aliphatic carbocycles. The Balaban J connectivity index is 1.54. The molecule has 1 aliphatic heterocycles. The number of hydrogen-bond donors (Lipinski definition) is 1. The van der Waals surface area contributed by atoms with Crippen LogP contribution in [0.25, 0.3) is 0 Å². The van der Waals surface area contributed by atoms with E-state index < -0.39 is 0 Å². The van der Waals surface area contributed by atoms with Crippen LogP contribution in [0.2, 0.25) is 0 Å². The highest BCUT2D eigenvalue weighted by Crippen LogP contribution is 2.19. The molecule has 2 aromatic carbocycles. The van der Waals surface area contributed by atoms with Crippen molar-refractivity contribution in [2.24, 2.45) is 0 Å². The molecule has 0 radical (unpaired) electrons. The van der Waals surface area contributed by atoms with Gasteiger partial charge in [0.05, 0.1) is 0 Å². The van der Waals surface area contributed by atoms with Gasteiger partial charge in [0.15, 0.2) is 0 Å². The summed E-state index contributed by atoms with van der Waals surface area (Å²) < 4.78 is 0. The molecule has 0 spiro atoms. The molecule has 2 amide bonds. The van der Waals surface area contributed by atoms with Crippen molar-refractivity contribution in [1.82, 2.24) is 10.2 Å². The lowest BCUT2D eigenvalue weighted by Gasteiger charge is -2.30. The van der Waals surface area contributed by atoms with Crippen molar-refractivity contribution in [2.45, 2.75) is 32.4 Å². The maximum absolute atomic E-state index is 12.5. The van der Waals surface area contributed by atoms with Crippen molar-refractivity contribution >= 4 is 11.8 Å². The van der Waals surface area contributed by atoms with Gasteiger partial charge in [-0.15, -0.1) is 0 Å². The van der Waals surface area contributed by atoms with Gasteiger partial charge in [-0.2, -0.15) is 0 Å². The van der Waals surface area contributed by atoms with E-state index in [1.807, 2.05) is 42.2 Å². The van der Waals surface area contributed by atoms with Crippen molar-refractivity contribution in [3.05, 3.63) is 71.3 Å². The lowest BCUT2D eigenvalue weighted by Crippen LogP contribution is -2.41. The topological polar surface area (TPSA) is 49.4 Å². The molecule has 1 N–H and O–H groups in total. The number of benzene rings is 2. The number of carbonyl (C=O) groups excluding carboxylic acids is 2. The first kappa shape index (κ1) is 16.2. The fourth-order valence-electron chi connectivity index (χ4n) is 3.05. The Morgan fingerprint density at radius 1 is 1.04 bits per heavy atom. The van der Waals surface area contributed by atoms with Gasteiger partial charge in [0.25, 0.3) is 5.91 Å². The maximum atomic E-state index is 12.5. The minimum Gasteiger partial charge on any atom is -0.349 e. The van der Waals surface area contributed by atoms with Gasteiger partial charge < -0.3 is 10.2 Å². The Hall–Kier alpha value is -2.62. The van der Waals surface area contributed by atoms with Crippen molar-refractivity contribution in [3.8, 4) is 0 Å². The summed E-state index contributed by atoms with van der Waals surface area (Å²) in [5.74, 6) is -0.0507. The van der Waals surface area contributed by atoms with Gasteiger partial charge >= 0.3 is 0 Å². The zero-order chi connectivity index (χ0) is 16.9. The van der Waals surface area contributed by atoms with Crippen LogP contribution in [0.1, 0.15) is 34.8 Å². The minimum atomic E-state index is -0.192. The minimum absolute atomic E-state index is 0.0883. The molecular weight excluding hydrogens is 300 g/mol. The smallest absolute Gasteiger partial charge is 0.251 e. The molecule has 0 saturated carbocycles. The zero-order valence-electron chi connectivity index (χ0n) is 13.9. The predicted molar refractivity (Wildman–Crippen MR) is 93.6 cm³/mol. The van der Waals surface area contributed by atoms with Crippen LogP contribution in [-0.4, -0.2) is 29.3 Å². The Morgan fingerprint density at radius 2 is 1.71 bits per heavy atom. The molecule has 0 aromatic heterocycles. The van der Waals surface area contributed by atoms with E-state index in [1.54, 1.807) is 12.1 Å². The number of carbonyl (C=O) groups is 2. The van der Waals surface area contributed by atoms with Crippen LogP contribution < -0.4 is 5.32 Å². The molecule has 3 rings (SSSR count). The van der Waals surface area contributed by atoms with Gasteiger partial charge in [-0.3, -0.25) is 9.59 Å². The van der Waals surface area contributed by atoms with Crippen molar-refractivity contribution in [3.63, 3.8) is 0 Å². The fraction of sp³-hybridized carbons (Fsp3) is 0.300. The normalized spacial score (nSPS) is 14.6. The summed E-state index contributed by atoms with van der Waals surface area (Å²) in [6.07, 6.45) is 1.22. The van der Waals surface area contributed by atoms with Crippen molar-refractivity contribution in [1.29, 1.82) is 0 Å². The third-order valence-corrected chi connectivity index (χ3v) is 4.38. The third-order valence-electron chi connectivity index (χ3n) is 4.38. The average molecular weight is 322 g/mol. The maximum Gasteiger partial charge on any atom is 0.251 e. The van der Waals surface area contributed by atoms with Crippen LogP contribution in [0, 0.1) is 0 Å². The number of nitrogens with one attached hydrogen (secondary N) is 1. The van der Waals surface area contributed by atoms with Gasteiger partial charge in [0, 0.05) is 31.1 Å². The van der Waals surface area contributed by atoms with Crippen molar-refractivity contribution in [2.75, 3.05) is 6.54 Å². The molecular formula is C20H22N2O2. The van der Waals surface area contributed by atoms with Crippen LogP contribution in [0.15, 0.2) is 54.6 Å². The molecule has 1 atom stereocenters. The molecule has 124 valence electrons. The summed E-state index contributed by atoms with van der Waals surface area (Å²) in [7, 11) is 0. The van der Waals surface area contributed by atoms with E-state index in [0.717, 1.165) is 13.0 Å². The largest absolute Gasteiger partial charge is 0.349 e. The molecule has 4 heteroatoms. The molecule has 0 fully saturated rings. The van der Waals surface area contributed by atoms with E-state index >= 15 is 0 Å². The van der Waals surface area contributed by atoms with E-state index in [9.17, 15) is 9.59 Å². The number of amides is 2. The summed E-state index contributed by atoms with van der Waals surface area (Å²) in [6.45, 7) is 3.28. The number of fused-ring (bicyclic) bond motifs is 1. The first-order valence-electron chi connectivity index (χ1n) is 8.34. The van der Waals surface area contributed by atoms with E-state index in [4.69, 9.17) is 0 Å². The molecule has 1 aliphatic rings. The zero-order valence-corrected chi connectivity index (χ0v) is 13.9. The lowest BCUT2D eigenvalue weighted by molar-refractivity contribution is -0.132. The number of nitrogens with zero attached hydrogens (tertiary/aromatic N) is 1. The fourth-order valence-corrected chi connectivity index (χ4v) is 3.05. The van der Waals surface area contributed by atoms with E-state index in [2.05, 4.69) is 17.4 Å². The van der Waals surface area contributed by atoms with Crippen LogP contribution in [0.5, 0.6) is 0 Å². The van der Waals surface area contributed by atoms with Gasteiger partial charge in [-0.1, -0.05) is 42.5 Å². The molecule has 4 nitrogen and oxygen atoms in total. The molecule has 0 saturated heterocycles. The second-order valence-corrected chi connectivity index (χ2v) is 6.28. The number of rotatable bonds is 4. The molecule has 0 bridgehead atoms. The monoisotopic (exact) mass is 322 g/mol. The van der Waals surface area contributed by atoms with Crippen LogP contribution in [-0.2, 0) is 17.8 Å². The SMILES string of the molecule is CC(CC(=O)N1CCc2ccccc2C1)NC(=O)c1ccccc1. The summed E-state index contributed by atoms with van der Waals surface area (Å²) in [6, 6.07) is 17.1. The highest BCUT2D eigenvalue weighted by Gasteiger charge is 2.22. The van der Waals surface area contributed by atoms with Gasteiger partial charge in [0.2, 0.25) is 5.91 Å². The molecule has 2 aromatic rings. The Labute approximate surface area is 142 Å². The molecule has 24 heavy (non-hydrogen) atoms. The van der Waals surface area contributed by atoms with Gasteiger partial charge in [-0.05, 0) is 36.6 Å². The quantitative estimate of drug-likeness (QED) is 0.941. The lowest BCUT2D eigenvalue weighted by atomic mass is 9.99. The average Bonchev–Trinajstić information content (AvgIpc) is 2.61. The second-order valence-electron chi connectivity index (χ2n) is 6.28. The summed E-state index contributed by atoms with van der Waals surface area (Å²) in [4.78, 5) is 26.5. The predicted octanol–water partition coefficient (Wildman–Crippen LogP) is 2.78. The Morgan fingerprint density at radius 3 is 2.46 bits per heavy atom. The van der Waals surface area contributed by atoms with Crippen LogP contribution in [0.3, 0.4) is 0 Å². The van der Waals surface area contributed by atoms with E-state index in [-0.39, 0.29) is 17.9 Å². The molecule has 1 unspecified atom stereocenters. The standard InChI is InChI=1S/C20H22N2O2/c1-15(21-20(24)17-8-3-2-4-9-17)13-19(23)22-12-11-16-7-5-6-10-18(16)14-22/h2-10,15H,11-14H2,1H3,(H,21,24). The highest BCUT2D eigenvalue weighted by molar-refractivity contribution is 5.94. The van der Waals surface area contributed by atoms with Gasteiger partial charge in [0.1, 0.15) is 0 Å². The Kier molecular flexibility index (Phi) is 4.94. The van der Waals surface area contributed by atoms with E-state index in [1.165, 1.54) is 11.1 Å². The third kappa shape index (κ3) is 3.82. The number of hydrogen-bond acceptors (Lipinski definition) is 2. The van der Waals surface area contributed by atoms with Crippen LogP contribution in [0.4, 0.5) is 0 Å². The highest BCUT2D eigenvalue weighted by atomic mass is 16.2. The summed E-state index contributed by atoms with van der Waals surface area (Å²) in [5, 5.41) is 2.90. The summed E-state index contributed by atoms with van der Waals surface area (Å²) in [5.41, 5.74) is 3.16. The van der Waals surface area contributed by atoms with Crippen molar-refractivity contribution < 1.29 is 9.59 Å². The summed E-state index contributed by atoms with van der Waals surface area (Å²) >= 11 is 0. The van der Waals surface area contributed by atoms with E-state index in [0.29, 0.717) is 18.5 Å². The molecule has 1 heterocycles. The van der Waals surface area contributed by atoms with Crippen LogP contribution >= 0.6 is 0 Å². The first-order chi connectivity index (χ1) is 11.6. The Bertz CT molecular complexity index is 727. The second kappa shape index (κ2) is 7.30. The first-order valence-corrected chi connectivity index (χ1v) is 8.34.